The Hall–Kier alpha value is -2.87. The van der Waals surface area contributed by atoms with Crippen LogP contribution in [0.2, 0.25) is 0 Å². The van der Waals surface area contributed by atoms with E-state index in [1.165, 1.54) is 0 Å². The minimum Gasteiger partial charge on any atom is -0.493 e. The van der Waals surface area contributed by atoms with Crippen molar-refractivity contribution in [2.45, 2.75) is 6.92 Å². The van der Waals surface area contributed by atoms with Crippen LogP contribution in [-0.4, -0.2) is 56.7 Å². The number of hydrogen-bond donors (Lipinski definition) is 1. The van der Waals surface area contributed by atoms with Crippen LogP contribution in [0.4, 0.5) is 11.8 Å². The van der Waals surface area contributed by atoms with Gasteiger partial charge in [0.05, 0.1) is 33.6 Å². The molecule has 1 aliphatic heterocycles. The molecule has 2 aromatic rings. The van der Waals surface area contributed by atoms with Crippen LogP contribution >= 0.6 is 0 Å². The number of rotatable bonds is 6. The summed E-state index contributed by atoms with van der Waals surface area (Å²) in [4.78, 5) is 11.2. The molecule has 1 N–H and O–H groups in total. The van der Waals surface area contributed by atoms with Crippen molar-refractivity contribution in [1.29, 1.82) is 0 Å². The van der Waals surface area contributed by atoms with Gasteiger partial charge in [-0.3, -0.25) is 5.43 Å². The topological polar surface area (TPSA) is 81.1 Å². The molecule has 0 bridgehead atoms. The molecule has 8 nitrogen and oxygen atoms in total. The molecule has 1 saturated heterocycles. The van der Waals surface area contributed by atoms with Crippen molar-refractivity contribution in [3.8, 4) is 11.5 Å². The summed E-state index contributed by atoms with van der Waals surface area (Å²) in [6.45, 7) is 4.90. The Morgan fingerprint density at radius 1 is 1.12 bits per heavy atom. The average molecular weight is 357 g/mol. The third kappa shape index (κ3) is 4.40. The Morgan fingerprint density at radius 3 is 2.62 bits per heavy atom. The van der Waals surface area contributed by atoms with Gasteiger partial charge in [0.25, 0.3) is 0 Å². The summed E-state index contributed by atoms with van der Waals surface area (Å²) in [7, 11) is 3.21. The lowest BCUT2D eigenvalue weighted by molar-refractivity contribution is 0.122. The van der Waals surface area contributed by atoms with Gasteiger partial charge in [-0.2, -0.15) is 10.1 Å². The Labute approximate surface area is 152 Å². The number of nitrogens with one attached hydrogen (secondary N) is 1. The SMILES string of the molecule is COc1ccc(/C=N\Nc2cc(C)nc(N3CCOCC3)n2)cc1OC. The van der Waals surface area contributed by atoms with Crippen molar-refractivity contribution < 1.29 is 14.2 Å². The normalized spacial score (nSPS) is 14.5. The summed E-state index contributed by atoms with van der Waals surface area (Å²) in [6.07, 6.45) is 1.70. The zero-order valence-electron chi connectivity index (χ0n) is 15.2. The summed E-state index contributed by atoms with van der Waals surface area (Å²) < 4.78 is 15.9. The molecule has 1 aliphatic rings. The number of methoxy groups -OCH3 is 2. The van der Waals surface area contributed by atoms with E-state index in [1.54, 1.807) is 20.4 Å². The van der Waals surface area contributed by atoms with Crippen molar-refractivity contribution in [3.63, 3.8) is 0 Å². The van der Waals surface area contributed by atoms with Crippen LogP contribution in [0.3, 0.4) is 0 Å². The molecule has 1 aromatic carbocycles. The fraction of sp³-hybridized carbons (Fsp3) is 0.389. The standard InChI is InChI=1S/C18H23N5O3/c1-13-10-17(21-18(20-13)23-6-8-26-9-7-23)22-19-12-14-4-5-15(24-2)16(11-14)25-3/h4-5,10-12H,6-9H2,1-3H3,(H,20,21,22)/b19-12-. The summed E-state index contributed by atoms with van der Waals surface area (Å²) in [5.74, 6) is 2.68. The van der Waals surface area contributed by atoms with Gasteiger partial charge in [-0.25, -0.2) is 4.98 Å². The van der Waals surface area contributed by atoms with Crippen LogP contribution < -0.4 is 19.8 Å². The lowest BCUT2D eigenvalue weighted by atomic mass is 10.2. The van der Waals surface area contributed by atoms with E-state index in [0.29, 0.717) is 36.5 Å². The smallest absolute Gasteiger partial charge is 0.227 e. The second-order valence-electron chi connectivity index (χ2n) is 5.78. The molecule has 138 valence electrons. The first kappa shape index (κ1) is 17.9. The highest BCUT2D eigenvalue weighted by atomic mass is 16.5. The van der Waals surface area contributed by atoms with Crippen LogP contribution in [0.15, 0.2) is 29.4 Å². The number of hydrogen-bond acceptors (Lipinski definition) is 8. The zero-order chi connectivity index (χ0) is 18.4. The molecule has 0 amide bonds. The van der Waals surface area contributed by atoms with Gasteiger partial charge in [-0.05, 0) is 30.7 Å². The number of benzene rings is 1. The van der Waals surface area contributed by atoms with Crippen molar-refractivity contribution >= 4 is 18.0 Å². The van der Waals surface area contributed by atoms with E-state index in [9.17, 15) is 0 Å². The highest BCUT2D eigenvalue weighted by Gasteiger charge is 2.14. The first-order chi connectivity index (χ1) is 12.7. The monoisotopic (exact) mass is 357 g/mol. The summed E-state index contributed by atoms with van der Waals surface area (Å²) >= 11 is 0. The molecule has 8 heteroatoms. The molecule has 3 rings (SSSR count). The van der Waals surface area contributed by atoms with Crippen molar-refractivity contribution in [2.75, 3.05) is 50.8 Å². The predicted octanol–water partition coefficient (Wildman–Crippen LogP) is 2.08. The maximum atomic E-state index is 5.38. The number of anilines is 2. The molecular formula is C18H23N5O3. The third-order valence-electron chi connectivity index (χ3n) is 3.94. The maximum Gasteiger partial charge on any atom is 0.227 e. The first-order valence-electron chi connectivity index (χ1n) is 8.39. The van der Waals surface area contributed by atoms with Gasteiger partial charge < -0.3 is 19.1 Å². The minimum atomic E-state index is 0.649. The minimum absolute atomic E-state index is 0.649. The van der Waals surface area contributed by atoms with Crippen molar-refractivity contribution in [2.24, 2.45) is 5.10 Å². The molecular weight excluding hydrogens is 334 g/mol. The lowest BCUT2D eigenvalue weighted by Crippen LogP contribution is -2.37. The van der Waals surface area contributed by atoms with Crippen LogP contribution in [0.25, 0.3) is 0 Å². The largest absolute Gasteiger partial charge is 0.493 e. The van der Waals surface area contributed by atoms with E-state index in [0.717, 1.165) is 24.3 Å². The van der Waals surface area contributed by atoms with Crippen LogP contribution in [0.1, 0.15) is 11.3 Å². The molecule has 26 heavy (non-hydrogen) atoms. The van der Waals surface area contributed by atoms with Crippen molar-refractivity contribution in [3.05, 3.63) is 35.5 Å². The molecule has 0 radical (unpaired) electrons. The van der Waals surface area contributed by atoms with E-state index in [1.807, 2.05) is 31.2 Å². The van der Waals surface area contributed by atoms with Crippen LogP contribution in [0.5, 0.6) is 11.5 Å². The fourth-order valence-electron chi connectivity index (χ4n) is 2.62. The Balaban J connectivity index is 1.71. The predicted molar refractivity (Wildman–Crippen MR) is 101 cm³/mol. The Bertz CT molecular complexity index is 775. The lowest BCUT2D eigenvalue weighted by Gasteiger charge is -2.27. The first-order valence-corrected chi connectivity index (χ1v) is 8.39. The van der Waals surface area contributed by atoms with Crippen molar-refractivity contribution in [1.82, 2.24) is 9.97 Å². The van der Waals surface area contributed by atoms with E-state index < -0.39 is 0 Å². The number of aromatic nitrogens is 2. The highest BCUT2D eigenvalue weighted by Crippen LogP contribution is 2.26. The maximum absolute atomic E-state index is 5.38. The van der Waals surface area contributed by atoms with Crippen LogP contribution in [-0.2, 0) is 4.74 Å². The molecule has 2 heterocycles. The van der Waals surface area contributed by atoms with E-state index >= 15 is 0 Å². The molecule has 1 fully saturated rings. The van der Waals surface area contributed by atoms with Gasteiger partial charge in [-0.15, -0.1) is 0 Å². The summed E-state index contributed by atoms with van der Waals surface area (Å²) in [5.41, 5.74) is 4.73. The third-order valence-corrected chi connectivity index (χ3v) is 3.94. The van der Waals surface area contributed by atoms with Crippen LogP contribution in [0, 0.1) is 6.92 Å². The Kier molecular flexibility index (Phi) is 5.85. The van der Waals surface area contributed by atoms with Gasteiger partial charge in [-0.1, -0.05) is 0 Å². The number of ether oxygens (including phenoxy) is 3. The molecule has 0 spiro atoms. The molecule has 0 unspecified atom stereocenters. The zero-order valence-corrected chi connectivity index (χ0v) is 15.2. The second kappa shape index (κ2) is 8.48. The van der Waals surface area contributed by atoms with Gasteiger partial charge in [0, 0.05) is 24.8 Å². The highest BCUT2D eigenvalue weighted by molar-refractivity contribution is 5.81. The number of nitrogens with zero attached hydrogens (tertiary/aromatic N) is 4. The quantitative estimate of drug-likeness (QED) is 0.626. The summed E-state index contributed by atoms with van der Waals surface area (Å²) in [6, 6.07) is 7.45. The number of hydrazone groups is 1. The molecule has 0 aliphatic carbocycles. The average Bonchev–Trinajstić information content (AvgIpc) is 2.68. The summed E-state index contributed by atoms with van der Waals surface area (Å²) in [5, 5.41) is 4.27. The Morgan fingerprint density at radius 2 is 1.88 bits per heavy atom. The van der Waals surface area contributed by atoms with Gasteiger partial charge in [0.15, 0.2) is 17.3 Å². The van der Waals surface area contributed by atoms with Gasteiger partial charge in [0.1, 0.15) is 0 Å². The molecule has 0 atom stereocenters. The molecule has 0 saturated carbocycles. The van der Waals surface area contributed by atoms with E-state index in [-0.39, 0.29) is 0 Å². The second-order valence-corrected chi connectivity index (χ2v) is 5.78. The number of morpholine rings is 1. The fourth-order valence-corrected chi connectivity index (χ4v) is 2.62. The molecule has 1 aromatic heterocycles. The van der Waals surface area contributed by atoms with Gasteiger partial charge >= 0.3 is 0 Å². The number of aryl methyl sites for hydroxylation is 1. The van der Waals surface area contributed by atoms with Gasteiger partial charge in [0.2, 0.25) is 5.95 Å². The van der Waals surface area contributed by atoms with E-state index in [4.69, 9.17) is 14.2 Å². The van der Waals surface area contributed by atoms with E-state index in [2.05, 4.69) is 25.4 Å².